The van der Waals surface area contributed by atoms with E-state index in [1.807, 2.05) is 105 Å². The molecule has 2 bridgehead atoms. The van der Waals surface area contributed by atoms with Gasteiger partial charge in [0.05, 0.1) is 14.2 Å². The smallest absolute Gasteiger partial charge is 0.321 e. The second kappa shape index (κ2) is 13.2. The molecule has 0 spiro atoms. The van der Waals surface area contributed by atoms with Crippen molar-refractivity contribution < 1.29 is 23.9 Å². The molecule has 1 unspecified atom stereocenters. The van der Waals surface area contributed by atoms with Crippen molar-refractivity contribution >= 4 is 42.3 Å². The van der Waals surface area contributed by atoms with Crippen LogP contribution in [0.3, 0.4) is 0 Å². The molecule has 2 heterocycles. The highest BCUT2D eigenvalue weighted by atomic mass is 31.1. The van der Waals surface area contributed by atoms with Crippen LogP contribution in [-0.2, 0) is 23.9 Å². The second-order valence-corrected chi connectivity index (χ2v) is 15.7. The summed E-state index contributed by atoms with van der Waals surface area (Å²) in [4.78, 5) is 50.6. The zero-order chi connectivity index (χ0) is 33.4. The summed E-state index contributed by atoms with van der Waals surface area (Å²) >= 11 is 0. The highest BCUT2D eigenvalue weighted by molar-refractivity contribution is 7.66. The average Bonchev–Trinajstić information content (AvgIpc) is 3.05. The van der Waals surface area contributed by atoms with Crippen LogP contribution in [0.4, 0.5) is 11.4 Å². The molecule has 2 saturated heterocycles. The molecule has 9 heteroatoms. The summed E-state index contributed by atoms with van der Waals surface area (Å²) < 4.78 is 11.2. The molecule has 0 saturated carbocycles. The number of methoxy groups -OCH3 is 2. The fraction of sp³-hybridized carbons (Fsp3) is 0.432. The highest BCUT2D eigenvalue weighted by Crippen LogP contribution is 2.77. The Labute approximate surface area is 274 Å². The summed E-state index contributed by atoms with van der Waals surface area (Å²) in [6.45, 7) is 5.13. The van der Waals surface area contributed by atoms with Crippen LogP contribution in [-0.4, -0.2) is 84.7 Å². The first-order valence-corrected chi connectivity index (χ1v) is 17.2. The number of anilines is 2. The molecule has 244 valence electrons. The maximum Gasteiger partial charge on any atom is 0.321 e. The number of hydrogen-bond donors (Lipinski definition) is 0. The van der Waals surface area contributed by atoms with E-state index in [2.05, 4.69) is 30.9 Å². The summed E-state index contributed by atoms with van der Waals surface area (Å²) in [7, 11) is 9.16. The van der Waals surface area contributed by atoms with Crippen LogP contribution < -0.4 is 15.1 Å². The fourth-order valence-corrected chi connectivity index (χ4v) is 11.5. The molecule has 0 aliphatic carbocycles. The molecule has 0 amide bonds. The van der Waals surface area contributed by atoms with Gasteiger partial charge in [0.2, 0.25) is 0 Å². The van der Waals surface area contributed by atoms with Crippen molar-refractivity contribution in [3.8, 4) is 0 Å². The van der Waals surface area contributed by atoms with E-state index in [0.717, 1.165) is 27.8 Å². The largest absolute Gasteiger partial charge is 0.468 e. The summed E-state index contributed by atoms with van der Waals surface area (Å²) in [5, 5.41) is 1.01. The molecule has 5 rings (SSSR count). The maximum atomic E-state index is 15.5. The van der Waals surface area contributed by atoms with Gasteiger partial charge in [-0.25, -0.2) is 0 Å². The lowest BCUT2D eigenvalue weighted by Crippen LogP contribution is -2.71. The molecular weight excluding hydrogens is 597 g/mol. The van der Waals surface area contributed by atoms with E-state index in [0.29, 0.717) is 6.54 Å². The van der Waals surface area contributed by atoms with Crippen molar-refractivity contribution in [3.05, 3.63) is 90.0 Å². The Balaban J connectivity index is 1.92. The van der Waals surface area contributed by atoms with Crippen molar-refractivity contribution in [1.82, 2.24) is 4.90 Å². The third-order valence-corrected chi connectivity index (χ3v) is 13.0. The van der Waals surface area contributed by atoms with E-state index in [1.54, 1.807) is 0 Å². The summed E-state index contributed by atoms with van der Waals surface area (Å²) in [5.41, 5.74) is -0.675. The Hall–Kier alpha value is -3.74. The first kappa shape index (κ1) is 33.6. The summed E-state index contributed by atoms with van der Waals surface area (Å²) in [6.07, 6.45) is 0. The SMILES string of the molecule is COC(=O)[C@]12CN(CC(C)C)C[C@](C(=O)OC)(C1=O)[C@@H](c1ccc(N(C)C)cc1)P(c1ccccc1)[C@H]2c1ccc(N(C)C)cc1. The van der Waals surface area contributed by atoms with E-state index in [-0.39, 0.29) is 19.0 Å². The molecule has 0 radical (unpaired) electrons. The Morgan fingerprint density at radius 1 is 0.761 bits per heavy atom. The van der Waals surface area contributed by atoms with Gasteiger partial charge < -0.3 is 19.3 Å². The van der Waals surface area contributed by atoms with Crippen molar-refractivity contribution in [1.29, 1.82) is 0 Å². The molecular formula is C37H46N3O5P. The van der Waals surface area contributed by atoms with Crippen LogP contribution in [0.15, 0.2) is 78.9 Å². The number of piperidine rings is 1. The van der Waals surface area contributed by atoms with Gasteiger partial charge in [-0.05, 0) is 46.6 Å². The number of carbonyl (C=O) groups is 3. The first-order chi connectivity index (χ1) is 21.9. The van der Waals surface area contributed by atoms with Gasteiger partial charge in [-0.15, -0.1) is 0 Å². The number of ketones is 1. The fourth-order valence-electron chi connectivity index (χ4n) is 7.59. The molecule has 3 aromatic carbocycles. The average molecular weight is 644 g/mol. The van der Waals surface area contributed by atoms with Crippen LogP contribution in [0.1, 0.15) is 36.3 Å². The van der Waals surface area contributed by atoms with Gasteiger partial charge in [-0.1, -0.05) is 76.4 Å². The third-order valence-electron chi connectivity index (χ3n) is 9.47. The molecule has 0 aromatic heterocycles. The van der Waals surface area contributed by atoms with Gasteiger partial charge in [0.1, 0.15) is 0 Å². The van der Waals surface area contributed by atoms with Crippen molar-refractivity contribution in [2.75, 3.05) is 71.8 Å². The molecule has 5 atom stereocenters. The number of fused-ring (bicyclic) bond motifs is 2. The van der Waals surface area contributed by atoms with Gasteiger partial charge in [-0.2, -0.15) is 0 Å². The van der Waals surface area contributed by atoms with Gasteiger partial charge in [0.25, 0.3) is 0 Å². The number of esters is 2. The minimum atomic E-state index is -1.64. The lowest BCUT2D eigenvalue weighted by molar-refractivity contribution is -0.180. The third kappa shape index (κ3) is 5.50. The van der Waals surface area contributed by atoms with E-state index < -0.39 is 47.8 Å². The number of carbonyl (C=O) groups excluding carboxylic acids is 3. The Bertz CT molecular complexity index is 1470. The lowest BCUT2D eigenvalue weighted by Gasteiger charge is -2.61. The standard InChI is InChI=1S/C37H46N3O5P/c1-25(2)22-40-23-36(34(42)44-7)31(26-14-18-28(19-15-26)38(3)4)46(30-12-10-9-11-13-30)32(27-16-20-29(21-17-27)39(5)6)37(24-40,33(36)41)35(43)45-8/h9-21,25,31-32H,22-24H2,1-8H3/t31-,32+,36-,37+,46?. The predicted molar refractivity (Wildman–Crippen MR) is 185 cm³/mol. The van der Waals surface area contributed by atoms with Crippen molar-refractivity contribution in [2.45, 2.75) is 25.2 Å². The van der Waals surface area contributed by atoms with Gasteiger partial charge in [-0.3, -0.25) is 19.3 Å². The van der Waals surface area contributed by atoms with E-state index in [1.165, 1.54) is 14.2 Å². The second-order valence-electron chi connectivity index (χ2n) is 13.3. The van der Waals surface area contributed by atoms with Gasteiger partial charge in [0, 0.05) is 70.5 Å². The molecule has 2 aliphatic rings. The number of rotatable bonds is 9. The number of likely N-dealkylation sites (tertiary alicyclic amines) is 1. The number of hydrogen-bond acceptors (Lipinski definition) is 8. The predicted octanol–water partition coefficient (Wildman–Crippen LogP) is 5.28. The van der Waals surface area contributed by atoms with Crippen molar-refractivity contribution in [2.24, 2.45) is 16.7 Å². The zero-order valence-electron chi connectivity index (χ0n) is 28.2. The van der Waals surface area contributed by atoms with E-state index in [4.69, 9.17) is 9.47 Å². The normalized spacial score (nSPS) is 26.0. The number of ether oxygens (including phenoxy) is 2. The van der Waals surface area contributed by atoms with Crippen LogP contribution >= 0.6 is 7.92 Å². The quantitative estimate of drug-likeness (QED) is 0.177. The summed E-state index contributed by atoms with van der Waals surface area (Å²) in [5.74, 6) is -1.39. The minimum absolute atomic E-state index is 0.160. The van der Waals surface area contributed by atoms with Gasteiger partial charge in [0.15, 0.2) is 16.6 Å². The first-order valence-electron chi connectivity index (χ1n) is 15.7. The Morgan fingerprint density at radius 3 is 1.52 bits per heavy atom. The highest BCUT2D eigenvalue weighted by Gasteiger charge is 2.75. The number of nitrogens with zero attached hydrogens (tertiary/aromatic N) is 3. The van der Waals surface area contributed by atoms with Crippen LogP contribution in [0.25, 0.3) is 0 Å². The topological polar surface area (TPSA) is 79.4 Å². The summed E-state index contributed by atoms with van der Waals surface area (Å²) in [6, 6.07) is 26.3. The Morgan fingerprint density at radius 2 is 1.17 bits per heavy atom. The molecule has 8 nitrogen and oxygen atoms in total. The molecule has 46 heavy (non-hydrogen) atoms. The molecule has 3 aromatic rings. The Kier molecular flexibility index (Phi) is 9.63. The van der Waals surface area contributed by atoms with Crippen molar-refractivity contribution in [3.63, 3.8) is 0 Å². The molecule has 2 fully saturated rings. The zero-order valence-corrected chi connectivity index (χ0v) is 29.1. The van der Waals surface area contributed by atoms with Crippen LogP contribution in [0.2, 0.25) is 0 Å². The van der Waals surface area contributed by atoms with Crippen LogP contribution in [0, 0.1) is 16.7 Å². The van der Waals surface area contributed by atoms with Gasteiger partial charge >= 0.3 is 11.9 Å². The van der Waals surface area contributed by atoms with E-state index in [9.17, 15) is 9.59 Å². The molecule has 0 N–H and O–H groups in total. The van der Waals surface area contributed by atoms with E-state index >= 15 is 4.79 Å². The molecule has 2 aliphatic heterocycles. The number of Topliss-reactive ketones (excluding diaryl/α,β-unsaturated/α-hetero) is 1. The monoisotopic (exact) mass is 643 g/mol. The lowest BCUT2D eigenvalue weighted by atomic mass is 9.60. The van der Waals surface area contributed by atoms with Crippen LogP contribution in [0.5, 0.6) is 0 Å². The minimum Gasteiger partial charge on any atom is -0.468 e. The number of benzene rings is 3. The maximum absolute atomic E-state index is 15.5.